The number of para-hydroxylation sites is 1. The molecule has 0 saturated heterocycles. The Morgan fingerprint density at radius 1 is 1.25 bits per heavy atom. The van der Waals surface area contributed by atoms with Gasteiger partial charge in [-0.3, -0.25) is 4.79 Å². The highest BCUT2D eigenvalue weighted by Crippen LogP contribution is 2.19. The van der Waals surface area contributed by atoms with Crippen molar-refractivity contribution in [1.29, 1.82) is 0 Å². The molecule has 112 valence electrons. The molecule has 1 rings (SSSR count). The van der Waals surface area contributed by atoms with Gasteiger partial charge in [0.25, 0.3) is 0 Å². The van der Waals surface area contributed by atoms with Crippen molar-refractivity contribution in [1.82, 2.24) is 9.80 Å². The Hall–Kier alpha value is -1.26. The Labute approximate surface area is 126 Å². The summed E-state index contributed by atoms with van der Waals surface area (Å²) in [6, 6.07) is 7.79. The molecule has 4 nitrogen and oxygen atoms in total. The van der Waals surface area contributed by atoms with Crippen LogP contribution in [0.5, 0.6) is 5.75 Å². The highest BCUT2D eigenvalue weighted by Gasteiger charge is 2.10. The van der Waals surface area contributed by atoms with Crippen LogP contribution in [0.25, 0.3) is 0 Å². The van der Waals surface area contributed by atoms with E-state index in [1.165, 1.54) is 0 Å². The van der Waals surface area contributed by atoms with Gasteiger partial charge in [0, 0.05) is 25.7 Å². The van der Waals surface area contributed by atoms with Gasteiger partial charge in [0.15, 0.2) is 0 Å². The molecule has 0 fully saturated rings. The van der Waals surface area contributed by atoms with E-state index in [0.717, 1.165) is 24.3 Å². The second-order valence-electron chi connectivity index (χ2n) is 5.00. The molecule has 0 aromatic heterocycles. The fourth-order valence-electron chi connectivity index (χ4n) is 1.78. The van der Waals surface area contributed by atoms with Crippen LogP contribution in [-0.4, -0.2) is 55.9 Å². The maximum Gasteiger partial charge on any atom is 0.237 e. The van der Waals surface area contributed by atoms with Gasteiger partial charge in [0.1, 0.15) is 11.6 Å². The lowest BCUT2D eigenvalue weighted by Gasteiger charge is -2.18. The summed E-state index contributed by atoms with van der Waals surface area (Å²) in [6.07, 6.45) is 0.970. The minimum Gasteiger partial charge on any atom is -0.493 e. The van der Waals surface area contributed by atoms with Crippen molar-refractivity contribution in [2.24, 2.45) is 0 Å². The number of hydrogen-bond donors (Lipinski definition) is 0. The number of halogens is 1. The smallest absolute Gasteiger partial charge is 0.237 e. The van der Waals surface area contributed by atoms with Crippen LogP contribution in [-0.2, 0) is 11.3 Å². The van der Waals surface area contributed by atoms with Crippen molar-refractivity contribution in [3.05, 3.63) is 29.8 Å². The molecule has 0 atom stereocenters. The molecule has 0 heterocycles. The topological polar surface area (TPSA) is 32.8 Å². The Morgan fingerprint density at radius 2 is 1.95 bits per heavy atom. The highest BCUT2D eigenvalue weighted by molar-refractivity contribution is 6.27. The minimum atomic E-state index is -0.0888. The quantitative estimate of drug-likeness (QED) is 0.545. The van der Waals surface area contributed by atoms with E-state index in [2.05, 4.69) is 4.90 Å². The first-order valence-corrected chi connectivity index (χ1v) is 7.23. The Morgan fingerprint density at radius 3 is 2.60 bits per heavy atom. The molecular weight excluding hydrogens is 276 g/mol. The van der Waals surface area contributed by atoms with Crippen LogP contribution in [0.15, 0.2) is 24.3 Å². The van der Waals surface area contributed by atoms with E-state index in [0.29, 0.717) is 13.2 Å². The lowest BCUT2D eigenvalue weighted by Crippen LogP contribution is -2.27. The second kappa shape index (κ2) is 8.82. The van der Waals surface area contributed by atoms with Crippen LogP contribution in [0.4, 0.5) is 0 Å². The summed E-state index contributed by atoms with van der Waals surface area (Å²) in [5.41, 5.74) is 0.998. The molecule has 0 spiro atoms. The lowest BCUT2D eigenvalue weighted by molar-refractivity contribution is -0.127. The van der Waals surface area contributed by atoms with Crippen LogP contribution in [0.2, 0.25) is 0 Å². The van der Waals surface area contributed by atoms with E-state index in [9.17, 15) is 4.79 Å². The van der Waals surface area contributed by atoms with E-state index in [4.69, 9.17) is 16.3 Å². The van der Waals surface area contributed by atoms with Gasteiger partial charge >= 0.3 is 0 Å². The first kappa shape index (κ1) is 16.8. The van der Waals surface area contributed by atoms with Gasteiger partial charge in [-0.05, 0) is 26.6 Å². The number of amides is 1. The van der Waals surface area contributed by atoms with E-state index >= 15 is 0 Å². The second-order valence-corrected chi connectivity index (χ2v) is 5.26. The zero-order valence-corrected chi connectivity index (χ0v) is 13.2. The largest absolute Gasteiger partial charge is 0.493 e. The van der Waals surface area contributed by atoms with Crippen molar-refractivity contribution < 1.29 is 9.53 Å². The fraction of sp³-hybridized carbons (Fsp3) is 0.533. The first-order chi connectivity index (χ1) is 9.54. The number of carbonyl (C=O) groups excluding carboxylic acids is 1. The zero-order chi connectivity index (χ0) is 15.0. The summed E-state index contributed by atoms with van der Waals surface area (Å²) < 4.78 is 5.80. The molecule has 20 heavy (non-hydrogen) atoms. The van der Waals surface area contributed by atoms with E-state index in [1.54, 1.807) is 11.9 Å². The van der Waals surface area contributed by atoms with Gasteiger partial charge in [0.05, 0.1) is 6.61 Å². The van der Waals surface area contributed by atoms with Gasteiger partial charge < -0.3 is 14.5 Å². The van der Waals surface area contributed by atoms with Crippen molar-refractivity contribution in [2.45, 2.75) is 13.0 Å². The van der Waals surface area contributed by atoms with Gasteiger partial charge in [-0.25, -0.2) is 0 Å². The summed E-state index contributed by atoms with van der Waals surface area (Å²) in [4.78, 5) is 15.2. The molecule has 0 radical (unpaired) electrons. The molecular formula is C15H23ClN2O2. The number of rotatable bonds is 8. The van der Waals surface area contributed by atoms with Crippen molar-refractivity contribution in [3.63, 3.8) is 0 Å². The summed E-state index contributed by atoms with van der Waals surface area (Å²) in [5.74, 6) is 0.747. The van der Waals surface area contributed by atoms with Crippen LogP contribution in [0, 0.1) is 0 Å². The first-order valence-electron chi connectivity index (χ1n) is 6.70. The highest BCUT2D eigenvalue weighted by atomic mass is 35.5. The van der Waals surface area contributed by atoms with E-state index < -0.39 is 0 Å². The van der Waals surface area contributed by atoms with E-state index in [-0.39, 0.29) is 11.8 Å². The maximum absolute atomic E-state index is 11.5. The minimum absolute atomic E-state index is 0.00234. The molecule has 0 saturated carbocycles. The predicted octanol–water partition coefficient (Wildman–Crippen LogP) is 2.21. The zero-order valence-electron chi connectivity index (χ0n) is 12.4. The number of hydrogen-bond acceptors (Lipinski definition) is 3. The average Bonchev–Trinajstić information content (AvgIpc) is 2.44. The molecule has 1 amide bonds. The molecule has 0 aliphatic heterocycles. The normalized spacial score (nSPS) is 10.7. The van der Waals surface area contributed by atoms with E-state index in [1.807, 2.05) is 38.4 Å². The monoisotopic (exact) mass is 298 g/mol. The van der Waals surface area contributed by atoms with Crippen LogP contribution < -0.4 is 4.74 Å². The molecule has 1 aromatic carbocycles. The molecule has 0 bridgehead atoms. The number of ether oxygens (including phenoxy) is 1. The summed E-state index contributed by atoms with van der Waals surface area (Å²) in [6.45, 7) is 2.17. The third-order valence-corrected chi connectivity index (χ3v) is 3.16. The Bertz CT molecular complexity index is 424. The lowest BCUT2D eigenvalue weighted by atomic mass is 10.2. The van der Waals surface area contributed by atoms with Crippen LogP contribution >= 0.6 is 11.6 Å². The molecule has 0 N–H and O–H groups in total. The fourth-order valence-corrected chi connectivity index (χ4v) is 1.99. The summed E-state index contributed by atoms with van der Waals surface area (Å²) in [5, 5.41) is 0. The van der Waals surface area contributed by atoms with Crippen molar-refractivity contribution in [3.8, 4) is 5.75 Å². The van der Waals surface area contributed by atoms with Gasteiger partial charge in [-0.15, -0.1) is 11.6 Å². The molecule has 0 unspecified atom stereocenters. The number of carbonyl (C=O) groups is 1. The van der Waals surface area contributed by atoms with Gasteiger partial charge in [0.2, 0.25) is 5.91 Å². The van der Waals surface area contributed by atoms with Gasteiger partial charge in [-0.2, -0.15) is 0 Å². The molecule has 0 aliphatic rings. The van der Waals surface area contributed by atoms with Crippen molar-refractivity contribution in [2.75, 3.05) is 40.2 Å². The number of alkyl halides is 1. The SMILES string of the molecule is CN(C)CCCOc1ccccc1CN(C)C(=O)CCl. The molecule has 1 aromatic rings. The third-order valence-electron chi connectivity index (χ3n) is 2.93. The number of benzene rings is 1. The summed E-state index contributed by atoms with van der Waals surface area (Å²) >= 11 is 5.56. The molecule has 0 aliphatic carbocycles. The number of nitrogens with zero attached hydrogens (tertiary/aromatic N) is 2. The molecule has 5 heteroatoms. The average molecular weight is 299 g/mol. The van der Waals surface area contributed by atoms with Crippen molar-refractivity contribution >= 4 is 17.5 Å². The van der Waals surface area contributed by atoms with Gasteiger partial charge in [-0.1, -0.05) is 18.2 Å². The Balaban J connectivity index is 2.57. The predicted molar refractivity (Wildman–Crippen MR) is 82.3 cm³/mol. The standard InChI is InChI=1S/C15H23ClN2O2/c1-17(2)9-6-10-20-14-8-5-4-7-13(14)12-18(3)15(19)11-16/h4-5,7-8H,6,9-12H2,1-3H3. The maximum atomic E-state index is 11.5. The van der Waals surface area contributed by atoms with Crippen LogP contribution in [0.3, 0.4) is 0 Å². The Kier molecular flexibility index (Phi) is 7.41. The summed E-state index contributed by atoms with van der Waals surface area (Å²) in [7, 11) is 5.83. The third kappa shape index (κ3) is 5.80. The van der Waals surface area contributed by atoms with Crippen LogP contribution in [0.1, 0.15) is 12.0 Å².